The van der Waals surface area contributed by atoms with Crippen LogP contribution in [0, 0.1) is 28.6 Å². The zero-order valence-electron chi connectivity index (χ0n) is 11.0. The maximum absolute atomic E-state index is 12.1. The molecule has 3 aliphatic carbocycles. The molecule has 17 heavy (non-hydrogen) atoms. The first-order valence-electron chi connectivity index (χ1n) is 6.82. The molecule has 0 spiro atoms. The largest absolute Gasteiger partial charge is 0.396 e. The summed E-state index contributed by atoms with van der Waals surface area (Å²) in [5.41, 5.74) is 1.36. The van der Waals surface area contributed by atoms with Gasteiger partial charge < -0.3 is 5.11 Å². The van der Waals surface area contributed by atoms with Gasteiger partial charge in [0.25, 0.3) is 0 Å². The number of hydrogen-bond acceptors (Lipinski definition) is 2. The molecule has 0 unspecified atom stereocenters. The minimum absolute atomic E-state index is 0.0850. The third-order valence-corrected chi connectivity index (χ3v) is 6.05. The summed E-state index contributed by atoms with van der Waals surface area (Å²) in [4.78, 5) is 12.1. The predicted molar refractivity (Wildman–Crippen MR) is 66.4 cm³/mol. The molecule has 3 aliphatic rings. The molecule has 0 amide bonds. The van der Waals surface area contributed by atoms with Crippen molar-refractivity contribution < 1.29 is 9.90 Å². The molecule has 0 aromatic rings. The van der Waals surface area contributed by atoms with E-state index >= 15 is 0 Å². The molecule has 0 radical (unpaired) electrons. The Hall–Kier alpha value is -0.630. The van der Waals surface area contributed by atoms with E-state index in [0.29, 0.717) is 11.8 Å². The van der Waals surface area contributed by atoms with E-state index in [1.54, 1.807) is 0 Å². The normalized spacial score (nSPS) is 52.6. The van der Waals surface area contributed by atoms with Gasteiger partial charge in [0.05, 0.1) is 0 Å². The molecule has 0 aliphatic heterocycles. The Bertz CT molecular complexity index is 411. The Balaban J connectivity index is 2.07. The lowest BCUT2D eigenvalue weighted by Gasteiger charge is -2.45. The van der Waals surface area contributed by atoms with Gasteiger partial charge in [-0.2, -0.15) is 0 Å². The lowest BCUT2D eigenvalue weighted by atomic mass is 9.59. The fraction of sp³-hybridized carbons (Fsp3) is 0.800. The summed E-state index contributed by atoms with van der Waals surface area (Å²) in [6.45, 7) is 6.88. The highest BCUT2D eigenvalue weighted by Crippen LogP contribution is 2.73. The molecule has 5 atom stereocenters. The van der Waals surface area contributed by atoms with E-state index < -0.39 is 0 Å². The standard InChI is InChI=1S/C15H22O2/c1-9-5-4-6-10-7-11(17)12-13(15(9,10)3)14(12,2)8-16/h7,9,12-13,16H,4-6,8H2,1-3H3/t9-,12-,13+,14+,15+/m0/s1. The molecule has 2 heteroatoms. The van der Waals surface area contributed by atoms with Gasteiger partial charge in [0.1, 0.15) is 0 Å². The zero-order valence-corrected chi connectivity index (χ0v) is 11.0. The Labute approximate surface area is 103 Å². The molecule has 2 saturated carbocycles. The molecular formula is C15H22O2. The van der Waals surface area contributed by atoms with Crippen molar-refractivity contribution >= 4 is 5.78 Å². The van der Waals surface area contributed by atoms with Gasteiger partial charge in [-0.3, -0.25) is 4.79 Å². The molecule has 1 N–H and O–H groups in total. The Kier molecular flexibility index (Phi) is 2.17. The summed E-state index contributed by atoms with van der Waals surface area (Å²) in [5, 5.41) is 9.63. The SMILES string of the molecule is C[C@H]1CCCC2=CC(=O)[C@H]3[C@H]([C@]3(C)CO)[C@@]21C. The van der Waals surface area contributed by atoms with Crippen molar-refractivity contribution in [1.82, 2.24) is 0 Å². The van der Waals surface area contributed by atoms with Gasteiger partial charge in [-0.05, 0) is 42.6 Å². The van der Waals surface area contributed by atoms with Gasteiger partial charge in [-0.25, -0.2) is 0 Å². The Morgan fingerprint density at radius 3 is 2.82 bits per heavy atom. The van der Waals surface area contributed by atoms with Crippen LogP contribution in [0.25, 0.3) is 0 Å². The first-order valence-corrected chi connectivity index (χ1v) is 6.82. The molecule has 0 heterocycles. The van der Waals surface area contributed by atoms with E-state index in [9.17, 15) is 9.90 Å². The number of rotatable bonds is 1. The fourth-order valence-corrected chi connectivity index (χ4v) is 4.76. The number of aliphatic hydroxyl groups excluding tert-OH is 1. The summed E-state index contributed by atoms with van der Waals surface area (Å²) in [6.07, 6.45) is 5.46. The maximum atomic E-state index is 12.1. The van der Waals surface area contributed by atoms with Crippen LogP contribution < -0.4 is 0 Å². The minimum Gasteiger partial charge on any atom is -0.396 e. The summed E-state index contributed by atoms with van der Waals surface area (Å²) in [7, 11) is 0. The van der Waals surface area contributed by atoms with Crippen molar-refractivity contribution in [2.45, 2.75) is 40.0 Å². The third kappa shape index (κ3) is 1.17. The van der Waals surface area contributed by atoms with E-state index in [4.69, 9.17) is 0 Å². The van der Waals surface area contributed by atoms with Crippen LogP contribution in [-0.2, 0) is 4.79 Å². The van der Waals surface area contributed by atoms with Crippen molar-refractivity contribution in [3.63, 3.8) is 0 Å². The number of allylic oxidation sites excluding steroid dienone is 2. The molecule has 94 valence electrons. The van der Waals surface area contributed by atoms with Crippen LogP contribution in [0.4, 0.5) is 0 Å². The average molecular weight is 234 g/mol. The van der Waals surface area contributed by atoms with Crippen LogP contribution in [0.3, 0.4) is 0 Å². The monoisotopic (exact) mass is 234 g/mol. The first kappa shape index (κ1) is 11.5. The summed E-state index contributed by atoms with van der Waals surface area (Å²) in [5.74, 6) is 1.37. The summed E-state index contributed by atoms with van der Waals surface area (Å²) >= 11 is 0. The second kappa shape index (κ2) is 3.23. The van der Waals surface area contributed by atoms with Gasteiger partial charge in [-0.15, -0.1) is 0 Å². The number of aliphatic hydroxyl groups is 1. The first-order chi connectivity index (χ1) is 7.96. The molecular weight excluding hydrogens is 212 g/mol. The van der Waals surface area contributed by atoms with Crippen LogP contribution in [-0.4, -0.2) is 17.5 Å². The van der Waals surface area contributed by atoms with E-state index in [1.807, 2.05) is 6.08 Å². The Morgan fingerprint density at radius 1 is 1.47 bits per heavy atom. The Morgan fingerprint density at radius 2 is 2.18 bits per heavy atom. The second-order valence-corrected chi connectivity index (χ2v) is 6.77. The predicted octanol–water partition coefficient (Wildman–Crippen LogP) is 2.57. The highest BCUT2D eigenvalue weighted by molar-refractivity contribution is 5.97. The van der Waals surface area contributed by atoms with Crippen LogP contribution >= 0.6 is 0 Å². The van der Waals surface area contributed by atoms with Gasteiger partial charge in [0, 0.05) is 17.9 Å². The maximum Gasteiger partial charge on any atom is 0.159 e. The molecule has 0 aromatic carbocycles. The summed E-state index contributed by atoms with van der Waals surface area (Å²) in [6, 6.07) is 0. The minimum atomic E-state index is -0.157. The van der Waals surface area contributed by atoms with Gasteiger partial charge in [-0.1, -0.05) is 26.3 Å². The number of fused-ring (bicyclic) bond motifs is 3. The zero-order chi connectivity index (χ0) is 12.4. The average Bonchev–Trinajstić information content (AvgIpc) is 2.93. The lowest BCUT2D eigenvalue weighted by molar-refractivity contribution is -0.117. The fourth-order valence-electron chi connectivity index (χ4n) is 4.76. The highest BCUT2D eigenvalue weighted by Gasteiger charge is 2.73. The third-order valence-electron chi connectivity index (χ3n) is 6.05. The van der Waals surface area contributed by atoms with E-state index in [1.165, 1.54) is 18.4 Å². The molecule has 2 fully saturated rings. The molecule has 0 aromatic heterocycles. The molecule has 0 bridgehead atoms. The van der Waals surface area contributed by atoms with Crippen molar-refractivity contribution in [2.24, 2.45) is 28.6 Å². The number of carbonyl (C=O) groups is 1. The lowest BCUT2D eigenvalue weighted by Crippen LogP contribution is -2.38. The van der Waals surface area contributed by atoms with Crippen molar-refractivity contribution in [2.75, 3.05) is 6.61 Å². The number of carbonyl (C=O) groups excluding carboxylic acids is 1. The smallest absolute Gasteiger partial charge is 0.159 e. The molecule has 2 nitrogen and oxygen atoms in total. The van der Waals surface area contributed by atoms with Crippen LogP contribution in [0.1, 0.15) is 40.0 Å². The van der Waals surface area contributed by atoms with Crippen LogP contribution in [0.5, 0.6) is 0 Å². The number of hydrogen-bond donors (Lipinski definition) is 1. The molecule has 0 saturated heterocycles. The van der Waals surface area contributed by atoms with Gasteiger partial charge in [0.15, 0.2) is 5.78 Å². The van der Waals surface area contributed by atoms with Crippen LogP contribution in [0.15, 0.2) is 11.6 Å². The van der Waals surface area contributed by atoms with Crippen molar-refractivity contribution in [1.29, 1.82) is 0 Å². The summed E-state index contributed by atoms with van der Waals surface area (Å²) < 4.78 is 0. The van der Waals surface area contributed by atoms with E-state index in [-0.39, 0.29) is 29.1 Å². The topological polar surface area (TPSA) is 37.3 Å². The highest BCUT2D eigenvalue weighted by atomic mass is 16.3. The quantitative estimate of drug-likeness (QED) is 0.757. The van der Waals surface area contributed by atoms with E-state index in [0.717, 1.165) is 6.42 Å². The van der Waals surface area contributed by atoms with Gasteiger partial charge in [0.2, 0.25) is 0 Å². The second-order valence-electron chi connectivity index (χ2n) is 6.77. The van der Waals surface area contributed by atoms with Gasteiger partial charge >= 0.3 is 0 Å². The van der Waals surface area contributed by atoms with Crippen molar-refractivity contribution in [3.05, 3.63) is 11.6 Å². The van der Waals surface area contributed by atoms with Crippen LogP contribution in [0.2, 0.25) is 0 Å². The molecule has 3 rings (SSSR count). The van der Waals surface area contributed by atoms with Crippen molar-refractivity contribution in [3.8, 4) is 0 Å². The van der Waals surface area contributed by atoms with E-state index in [2.05, 4.69) is 20.8 Å². The number of ketones is 1.